The van der Waals surface area contributed by atoms with Crippen molar-refractivity contribution in [2.75, 3.05) is 26.9 Å². The minimum Gasteiger partial charge on any atom is -0.497 e. The lowest BCUT2D eigenvalue weighted by atomic mass is 10.1. The Bertz CT molecular complexity index is 546. The van der Waals surface area contributed by atoms with E-state index < -0.39 is 0 Å². The van der Waals surface area contributed by atoms with Gasteiger partial charge >= 0.3 is 0 Å². The molecular weight excluding hydrogens is 334 g/mol. The van der Waals surface area contributed by atoms with E-state index in [0.29, 0.717) is 0 Å². The number of methoxy groups -OCH3 is 1. The summed E-state index contributed by atoms with van der Waals surface area (Å²) in [6, 6.07) is 18.7. The van der Waals surface area contributed by atoms with Crippen LogP contribution in [0.3, 0.4) is 0 Å². The van der Waals surface area contributed by atoms with Crippen molar-refractivity contribution in [3.63, 3.8) is 0 Å². The van der Waals surface area contributed by atoms with Gasteiger partial charge in [0.25, 0.3) is 0 Å². The van der Waals surface area contributed by atoms with E-state index in [9.17, 15) is 0 Å². The van der Waals surface area contributed by atoms with Crippen LogP contribution in [0.1, 0.15) is 30.4 Å². The van der Waals surface area contributed by atoms with Crippen molar-refractivity contribution in [3.8, 4) is 5.75 Å². The van der Waals surface area contributed by atoms with Crippen molar-refractivity contribution in [2.45, 2.75) is 32.2 Å². The normalized spacial score (nSPS) is 10.3. The quantitative estimate of drug-likeness (QED) is 0.557. The first-order valence-corrected chi connectivity index (χ1v) is 8.84. The predicted molar refractivity (Wildman–Crippen MR) is 107 cm³/mol. The van der Waals surface area contributed by atoms with Crippen LogP contribution >= 0.6 is 12.4 Å². The van der Waals surface area contributed by atoms with Gasteiger partial charge in [-0.05, 0) is 55.5 Å². The number of nitrogens with one attached hydrogen (secondary N) is 1. The standard InChI is InChI=1S/C21H29NO2.ClH/c1-23-21-12-10-19(11-13-21)14-17-24-16-7-3-6-15-22-18-20-8-4-2-5-9-20;/h2,4-5,8-13,22H,3,6-7,14-18H2,1H3;1H. The van der Waals surface area contributed by atoms with E-state index >= 15 is 0 Å². The first-order chi connectivity index (χ1) is 11.9. The number of benzene rings is 2. The highest BCUT2D eigenvalue weighted by molar-refractivity contribution is 5.85. The molecule has 0 aliphatic rings. The summed E-state index contributed by atoms with van der Waals surface area (Å²) >= 11 is 0. The third kappa shape index (κ3) is 9.49. The van der Waals surface area contributed by atoms with Crippen LogP contribution in [0.15, 0.2) is 54.6 Å². The Kier molecular flexibility index (Phi) is 11.8. The molecule has 0 atom stereocenters. The Balaban J connectivity index is 0.00000312. The minimum absolute atomic E-state index is 0. The highest BCUT2D eigenvalue weighted by atomic mass is 35.5. The maximum absolute atomic E-state index is 5.72. The first kappa shape index (κ1) is 21.5. The molecule has 0 aromatic heterocycles. The van der Waals surface area contributed by atoms with Gasteiger partial charge in [-0.1, -0.05) is 42.5 Å². The molecule has 25 heavy (non-hydrogen) atoms. The van der Waals surface area contributed by atoms with Crippen LogP contribution in [0, 0.1) is 0 Å². The van der Waals surface area contributed by atoms with Gasteiger partial charge in [-0.2, -0.15) is 0 Å². The van der Waals surface area contributed by atoms with Crippen LogP contribution in [0.5, 0.6) is 5.75 Å². The summed E-state index contributed by atoms with van der Waals surface area (Å²) in [5.74, 6) is 0.903. The summed E-state index contributed by atoms with van der Waals surface area (Å²) in [6.45, 7) is 3.67. The fraction of sp³-hybridized carbons (Fsp3) is 0.429. The number of hydrogen-bond donors (Lipinski definition) is 1. The van der Waals surface area contributed by atoms with E-state index in [-0.39, 0.29) is 12.4 Å². The van der Waals surface area contributed by atoms with Crippen molar-refractivity contribution in [2.24, 2.45) is 0 Å². The highest BCUT2D eigenvalue weighted by Crippen LogP contribution is 2.11. The van der Waals surface area contributed by atoms with Crippen LogP contribution in [0.25, 0.3) is 0 Å². The van der Waals surface area contributed by atoms with Crippen LogP contribution in [-0.4, -0.2) is 26.9 Å². The number of ether oxygens (including phenoxy) is 2. The largest absolute Gasteiger partial charge is 0.497 e. The van der Waals surface area contributed by atoms with E-state index in [4.69, 9.17) is 9.47 Å². The molecule has 0 aliphatic heterocycles. The maximum atomic E-state index is 5.72. The monoisotopic (exact) mass is 363 g/mol. The van der Waals surface area contributed by atoms with Gasteiger partial charge in [0.05, 0.1) is 13.7 Å². The molecule has 0 bridgehead atoms. The SMILES string of the molecule is COc1ccc(CCOCCCCCNCc2ccccc2)cc1.Cl. The number of rotatable bonds is 12. The Morgan fingerprint density at radius 3 is 2.28 bits per heavy atom. The third-order valence-corrected chi connectivity index (χ3v) is 4.01. The topological polar surface area (TPSA) is 30.5 Å². The fourth-order valence-electron chi connectivity index (χ4n) is 2.54. The van der Waals surface area contributed by atoms with Gasteiger partial charge in [0.2, 0.25) is 0 Å². The average molecular weight is 364 g/mol. The molecule has 2 rings (SSSR count). The summed E-state index contributed by atoms with van der Waals surface area (Å²) in [5.41, 5.74) is 2.64. The number of hydrogen-bond acceptors (Lipinski definition) is 3. The Hall–Kier alpha value is -1.55. The molecule has 4 heteroatoms. The lowest BCUT2D eigenvalue weighted by Gasteiger charge is -2.07. The highest BCUT2D eigenvalue weighted by Gasteiger charge is 1.96. The smallest absolute Gasteiger partial charge is 0.118 e. The van der Waals surface area contributed by atoms with E-state index in [2.05, 4.69) is 47.8 Å². The maximum Gasteiger partial charge on any atom is 0.118 e. The molecule has 0 radical (unpaired) electrons. The molecule has 0 amide bonds. The lowest BCUT2D eigenvalue weighted by Crippen LogP contribution is -2.14. The van der Waals surface area contributed by atoms with Crippen molar-refractivity contribution >= 4 is 12.4 Å². The van der Waals surface area contributed by atoms with Gasteiger partial charge in [0.1, 0.15) is 5.75 Å². The van der Waals surface area contributed by atoms with Crippen molar-refractivity contribution < 1.29 is 9.47 Å². The molecular formula is C21H30ClNO2. The van der Waals surface area contributed by atoms with Gasteiger partial charge in [-0.25, -0.2) is 0 Å². The van der Waals surface area contributed by atoms with Crippen molar-refractivity contribution in [1.29, 1.82) is 0 Å². The molecule has 138 valence electrons. The zero-order valence-corrected chi connectivity index (χ0v) is 15.9. The average Bonchev–Trinajstić information content (AvgIpc) is 2.64. The molecule has 2 aromatic carbocycles. The van der Waals surface area contributed by atoms with Crippen molar-refractivity contribution in [1.82, 2.24) is 5.32 Å². The predicted octanol–water partition coefficient (Wildman–Crippen LogP) is 4.64. The molecule has 0 aliphatic carbocycles. The Morgan fingerprint density at radius 2 is 1.56 bits per heavy atom. The van der Waals surface area contributed by atoms with Crippen molar-refractivity contribution in [3.05, 3.63) is 65.7 Å². The fourth-order valence-corrected chi connectivity index (χ4v) is 2.54. The Morgan fingerprint density at radius 1 is 0.800 bits per heavy atom. The molecule has 0 spiro atoms. The van der Waals surface area contributed by atoms with Gasteiger partial charge in [0, 0.05) is 13.2 Å². The van der Waals surface area contributed by atoms with Gasteiger partial charge in [-0.3, -0.25) is 0 Å². The molecule has 3 nitrogen and oxygen atoms in total. The number of halogens is 1. The van der Waals surface area contributed by atoms with E-state index in [1.807, 2.05) is 12.1 Å². The zero-order valence-electron chi connectivity index (χ0n) is 15.1. The third-order valence-electron chi connectivity index (χ3n) is 4.01. The summed E-state index contributed by atoms with van der Waals surface area (Å²) in [4.78, 5) is 0. The van der Waals surface area contributed by atoms with E-state index in [1.54, 1.807) is 7.11 Å². The molecule has 1 N–H and O–H groups in total. The van der Waals surface area contributed by atoms with Gasteiger partial charge in [0.15, 0.2) is 0 Å². The lowest BCUT2D eigenvalue weighted by molar-refractivity contribution is 0.133. The second-order valence-electron chi connectivity index (χ2n) is 5.93. The first-order valence-electron chi connectivity index (χ1n) is 8.84. The summed E-state index contributed by atoms with van der Waals surface area (Å²) < 4.78 is 10.9. The number of unbranched alkanes of at least 4 members (excludes halogenated alkanes) is 2. The van der Waals surface area contributed by atoms with E-state index in [0.717, 1.165) is 44.9 Å². The summed E-state index contributed by atoms with van der Waals surface area (Å²) in [5, 5.41) is 3.48. The van der Waals surface area contributed by atoms with Gasteiger partial charge in [-0.15, -0.1) is 12.4 Å². The molecule has 0 unspecified atom stereocenters. The minimum atomic E-state index is 0. The van der Waals surface area contributed by atoms with Crippen LogP contribution in [0.2, 0.25) is 0 Å². The second kappa shape index (κ2) is 13.7. The Labute approximate surface area is 158 Å². The van der Waals surface area contributed by atoms with Crippen LogP contribution in [-0.2, 0) is 17.7 Å². The van der Waals surface area contributed by atoms with Gasteiger partial charge < -0.3 is 14.8 Å². The second-order valence-corrected chi connectivity index (χ2v) is 5.93. The zero-order chi connectivity index (χ0) is 16.9. The molecule has 0 fully saturated rings. The molecule has 0 saturated heterocycles. The molecule has 0 heterocycles. The van der Waals surface area contributed by atoms with Crippen LogP contribution < -0.4 is 10.1 Å². The molecule has 0 saturated carbocycles. The van der Waals surface area contributed by atoms with Crippen LogP contribution in [0.4, 0.5) is 0 Å². The van der Waals surface area contributed by atoms with E-state index in [1.165, 1.54) is 24.0 Å². The summed E-state index contributed by atoms with van der Waals surface area (Å²) in [7, 11) is 1.69. The summed E-state index contributed by atoms with van der Waals surface area (Å²) in [6.07, 6.45) is 4.51. The molecule has 2 aromatic rings.